The van der Waals surface area contributed by atoms with E-state index >= 15 is 0 Å². The fourth-order valence-corrected chi connectivity index (χ4v) is 3.10. The fourth-order valence-electron chi connectivity index (χ4n) is 2.65. The van der Waals surface area contributed by atoms with Crippen molar-refractivity contribution in [3.8, 4) is 0 Å². The van der Waals surface area contributed by atoms with Crippen molar-refractivity contribution in [3.63, 3.8) is 0 Å². The van der Waals surface area contributed by atoms with E-state index in [-0.39, 0.29) is 5.54 Å². The van der Waals surface area contributed by atoms with Crippen LogP contribution in [0.15, 0.2) is 34.9 Å². The summed E-state index contributed by atoms with van der Waals surface area (Å²) in [6.07, 6.45) is 3.98. The molecule has 1 saturated heterocycles. The zero-order valence-corrected chi connectivity index (χ0v) is 13.2. The number of nitrogens with one attached hydrogen (secondary N) is 1. The van der Waals surface area contributed by atoms with Gasteiger partial charge in [-0.25, -0.2) is 0 Å². The van der Waals surface area contributed by atoms with Gasteiger partial charge in [-0.2, -0.15) is 0 Å². The lowest BCUT2D eigenvalue weighted by Crippen LogP contribution is -2.46. The van der Waals surface area contributed by atoms with Gasteiger partial charge >= 0.3 is 0 Å². The molecule has 4 heteroatoms. The molecule has 20 heavy (non-hydrogen) atoms. The smallest absolute Gasteiger partial charge is 0.0758 e. The van der Waals surface area contributed by atoms with E-state index in [9.17, 15) is 0 Å². The normalized spacial score (nSPS) is 18.3. The number of rotatable bonds is 3. The van der Waals surface area contributed by atoms with E-state index in [0.29, 0.717) is 0 Å². The maximum Gasteiger partial charge on any atom is 0.0758 e. The number of hydrogen-bond acceptors (Lipinski definition) is 3. The molecule has 1 N–H and O–H groups in total. The van der Waals surface area contributed by atoms with Crippen molar-refractivity contribution >= 4 is 26.8 Å². The first-order valence-corrected chi connectivity index (χ1v) is 7.82. The zero-order valence-electron chi connectivity index (χ0n) is 11.7. The molecular weight excluding hydrogens is 316 g/mol. The summed E-state index contributed by atoms with van der Waals surface area (Å²) in [4.78, 5) is 4.53. The summed E-state index contributed by atoms with van der Waals surface area (Å²) in [5.41, 5.74) is 2.49. The molecule has 0 unspecified atom stereocenters. The Morgan fingerprint density at radius 2 is 2.10 bits per heavy atom. The lowest BCUT2D eigenvalue weighted by atomic mass is 9.92. The molecule has 0 radical (unpaired) electrons. The van der Waals surface area contributed by atoms with Gasteiger partial charge in [0.25, 0.3) is 0 Å². The molecule has 0 atom stereocenters. The first-order chi connectivity index (χ1) is 9.68. The van der Waals surface area contributed by atoms with Crippen LogP contribution in [0, 0.1) is 0 Å². The Bertz CT molecular complexity index is 608. The first-order valence-electron chi connectivity index (χ1n) is 7.03. The van der Waals surface area contributed by atoms with Crippen molar-refractivity contribution in [1.82, 2.24) is 10.3 Å². The summed E-state index contributed by atoms with van der Waals surface area (Å²) in [5.74, 6) is 0. The lowest BCUT2D eigenvalue weighted by molar-refractivity contribution is 0.0446. The largest absolute Gasteiger partial charge is 0.381 e. The molecule has 0 saturated carbocycles. The molecule has 3 nitrogen and oxygen atoms in total. The Labute approximate surface area is 127 Å². The minimum atomic E-state index is 0.173. The van der Waals surface area contributed by atoms with Gasteiger partial charge in [0.1, 0.15) is 0 Å². The molecule has 2 heterocycles. The minimum Gasteiger partial charge on any atom is -0.381 e. The number of halogens is 1. The van der Waals surface area contributed by atoms with Gasteiger partial charge < -0.3 is 10.1 Å². The highest BCUT2D eigenvalue weighted by molar-refractivity contribution is 9.10. The Kier molecular flexibility index (Phi) is 4.06. The summed E-state index contributed by atoms with van der Waals surface area (Å²) in [5, 5.41) is 4.86. The average Bonchev–Trinajstić information content (AvgIpc) is 2.48. The van der Waals surface area contributed by atoms with Crippen LogP contribution in [-0.4, -0.2) is 23.7 Å². The van der Waals surface area contributed by atoms with Gasteiger partial charge in [0, 0.05) is 41.4 Å². The fraction of sp³-hybridized carbons (Fsp3) is 0.438. The van der Waals surface area contributed by atoms with E-state index in [1.807, 2.05) is 12.3 Å². The third-order valence-corrected chi connectivity index (χ3v) is 4.79. The van der Waals surface area contributed by atoms with Crippen molar-refractivity contribution in [2.24, 2.45) is 0 Å². The summed E-state index contributed by atoms with van der Waals surface area (Å²) < 4.78 is 6.54. The summed E-state index contributed by atoms with van der Waals surface area (Å²) in [6.45, 7) is 4.83. The molecule has 0 aliphatic carbocycles. The summed E-state index contributed by atoms with van der Waals surface area (Å²) >= 11 is 3.59. The Hall–Kier alpha value is -0.970. The van der Waals surface area contributed by atoms with Gasteiger partial charge in [-0.1, -0.05) is 28.1 Å². The van der Waals surface area contributed by atoms with Crippen LogP contribution >= 0.6 is 15.9 Å². The Morgan fingerprint density at radius 1 is 1.30 bits per heavy atom. The number of fused-ring (bicyclic) bond motifs is 1. The monoisotopic (exact) mass is 334 g/mol. The third kappa shape index (κ3) is 2.87. The van der Waals surface area contributed by atoms with E-state index in [2.05, 4.69) is 51.4 Å². The highest BCUT2D eigenvalue weighted by Gasteiger charge is 2.26. The van der Waals surface area contributed by atoms with Crippen LogP contribution in [0.3, 0.4) is 0 Å². The first kappa shape index (κ1) is 14.0. The van der Waals surface area contributed by atoms with E-state index in [4.69, 9.17) is 4.74 Å². The number of hydrogen-bond donors (Lipinski definition) is 1. The molecule has 0 spiro atoms. The van der Waals surface area contributed by atoms with E-state index in [0.717, 1.165) is 42.6 Å². The second kappa shape index (κ2) is 5.80. The lowest BCUT2D eigenvalue weighted by Gasteiger charge is -2.34. The number of pyridine rings is 1. The van der Waals surface area contributed by atoms with Crippen LogP contribution < -0.4 is 5.32 Å². The van der Waals surface area contributed by atoms with Crippen LogP contribution in [0.25, 0.3) is 10.9 Å². The number of benzene rings is 1. The molecule has 1 aromatic carbocycles. The molecule has 0 bridgehead atoms. The van der Waals surface area contributed by atoms with Crippen LogP contribution in [0.5, 0.6) is 0 Å². The molecule has 2 aromatic rings. The maximum atomic E-state index is 5.44. The van der Waals surface area contributed by atoms with Gasteiger partial charge in [0.2, 0.25) is 0 Å². The Balaban J connectivity index is 1.82. The van der Waals surface area contributed by atoms with Crippen molar-refractivity contribution in [1.29, 1.82) is 0 Å². The van der Waals surface area contributed by atoms with Gasteiger partial charge in [-0.3, -0.25) is 4.98 Å². The van der Waals surface area contributed by atoms with Gasteiger partial charge in [-0.05, 0) is 37.5 Å². The molecule has 1 aromatic heterocycles. The summed E-state index contributed by atoms with van der Waals surface area (Å²) in [6, 6.07) is 8.33. The predicted molar refractivity (Wildman–Crippen MR) is 84.7 cm³/mol. The van der Waals surface area contributed by atoms with Gasteiger partial charge in [0.15, 0.2) is 0 Å². The maximum absolute atomic E-state index is 5.44. The SMILES string of the molecule is CC1(NCc2ccc(Br)c3cccnc23)CCOCC1. The van der Waals surface area contributed by atoms with Crippen molar-refractivity contribution in [2.75, 3.05) is 13.2 Å². The molecule has 106 valence electrons. The minimum absolute atomic E-state index is 0.173. The van der Waals surface area contributed by atoms with E-state index < -0.39 is 0 Å². The number of aromatic nitrogens is 1. The van der Waals surface area contributed by atoms with Crippen LogP contribution in [0.4, 0.5) is 0 Å². The van der Waals surface area contributed by atoms with Crippen LogP contribution in [0.1, 0.15) is 25.3 Å². The highest BCUT2D eigenvalue weighted by Crippen LogP contribution is 2.26. The molecule has 3 rings (SSSR count). The van der Waals surface area contributed by atoms with Crippen LogP contribution in [0.2, 0.25) is 0 Å². The number of nitrogens with zero attached hydrogens (tertiary/aromatic N) is 1. The number of ether oxygens (including phenoxy) is 1. The molecule has 1 fully saturated rings. The standard InChI is InChI=1S/C16H19BrN2O/c1-16(6-9-20-10-7-16)19-11-12-4-5-14(17)13-3-2-8-18-15(12)13/h2-5,8,19H,6-7,9-11H2,1H3. The van der Waals surface area contributed by atoms with Gasteiger partial charge in [0.05, 0.1) is 5.52 Å². The quantitative estimate of drug-likeness (QED) is 0.930. The second-order valence-electron chi connectivity index (χ2n) is 5.63. The van der Waals surface area contributed by atoms with Crippen molar-refractivity contribution in [3.05, 3.63) is 40.5 Å². The molecule has 1 aliphatic rings. The van der Waals surface area contributed by atoms with Gasteiger partial charge in [-0.15, -0.1) is 0 Å². The molecule has 1 aliphatic heterocycles. The molecular formula is C16H19BrN2O. The Morgan fingerprint density at radius 3 is 2.90 bits per heavy atom. The highest BCUT2D eigenvalue weighted by atomic mass is 79.9. The average molecular weight is 335 g/mol. The summed E-state index contributed by atoms with van der Waals surface area (Å²) in [7, 11) is 0. The van der Waals surface area contributed by atoms with Crippen molar-refractivity contribution < 1.29 is 4.74 Å². The van der Waals surface area contributed by atoms with Crippen molar-refractivity contribution in [2.45, 2.75) is 31.8 Å². The molecule has 0 amide bonds. The van der Waals surface area contributed by atoms with E-state index in [1.54, 1.807) is 0 Å². The van der Waals surface area contributed by atoms with Crippen LogP contribution in [-0.2, 0) is 11.3 Å². The third-order valence-electron chi connectivity index (χ3n) is 4.10. The van der Waals surface area contributed by atoms with E-state index in [1.165, 1.54) is 10.9 Å². The topological polar surface area (TPSA) is 34.2 Å². The zero-order chi connectivity index (χ0) is 14.0. The second-order valence-corrected chi connectivity index (χ2v) is 6.49. The predicted octanol–water partition coefficient (Wildman–Crippen LogP) is 3.66.